The standard InChI is InChI=1S/C25H25N5O4S/c1-34-10-2-3-20(31)16-6-4-15(5-7-16)17-11-21-23(27-13-17)30-25(35-21)19(12-26)24(33)28-14-22(32)29-18-8-9-18/h4-7,11,13,18-19H,2-3,8-10,14H2,1H3,(H,28,33)(H,29,32). The molecular formula is C25H25N5O4S. The number of amides is 2. The van der Waals surface area contributed by atoms with Crippen LogP contribution in [-0.4, -0.2) is 53.9 Å². The first-order valence-corrected chi connectivity index (χ1v) is 12.2. The molecule has 1 atom stereocenters. The topological polar surface area (TPSA) is 134 Å². The first-order valence-electron chi connectivity index (χ1n) is 11.3. The normalized spacial score (nSPS) is 13.7. The highest BCUT2D eigenvalue weighted by Gasteiger charge is 2.27. The quantitative estimate of drug-likeness (QED) is 0.311. The maximum atomic E-state index is 12.5. The number of fused-ring (bicyclic) bond motifs is 1. The number of aromatic nitrogens is 2. The summed E-state index contributed by atoms with van der Waals surface area (Å²) in [5.41, 5.74) is 2.81. The SMILES string of the molecule is COCCCC(=O)c1ccc(-c2cnc3nc(C(C#N)C(=O)NCC(=O)NC4CC4)sc3c2)cc1. The number of hydrogen-bond donors (Lipinski definition) is 2. The first kappa shape index (κ1) is 24.4. The monoisotopic (exact) mass is 491 g/mol. The van der Waals surface area contributed by atoms with Gasteiger partial charge in [0.2, 0.25) is 11.8 Å². The van der Waals surface area contributed by atoms with Crippen molar-refractivity contribution >= 4 is 39.3 Å². The molecule has 1 aliphatic rings. The van der Waals surface area contributed by atoms with Gasteiger partial charge in [0.25, 0.3) is 0 Å². The number of thiazole rings is 1. The average molecular weight is 492 g/mol. The van der Waals surface area contributed by atoms with Crippen molar-refractivity contribution in [2.75, 3.05) is 20.3 Å². The van der Waals surface area contributed by atoms with Gasteiger partial charge in [0.1, 0.15) is 5.01 Å². The maximum absolute atomic E-state index is 12.5. The minimum absolute atomic E-state index is 0.0696. The van der Waals surface area contributed by atoms with Gasteiger partial charge in [-0.15, -0.1) is 11.3 Å². The Morgan fingerprint density at radius 3 is 2.69 bits per heavy atom. The van der Waals surface area contributed by atoms with Crippen LogP contribution < -0.4 is 10.6 Å². The number of pyridine rings is 1. The fraction of sp³-hybridized carbons (Fsp3) is 0.360. The van der Waals surface area contributed by atoms with E-state index in [1.165, 1.54) is 11.3 Å². The second kappa shape index (κ2) is 11.2. The molecule has 1 aromatic carbocycles. The van der Waals surface area contributed by atoms with Gasteiger partial charge in [0.05, 0.1) is 17.3 Å². The van der Waals surface area contributed by atoms with Crippen LogP contribution in [0.5, 0.6) is 0 Å². The van der Waals surface area contributed by atoms with Crippen molar-refractivity contribution in [1.82, 2.24) is 20.6 Å². The minimum Gasteiger partial charge on any atom is -0.385 e. The number of carbonyl (C=O) groups is 3. The average Bonchev–Trinajstić information content (AvgIpc) is 3.58. The lowest BCUT2D eigenvalue weighted by Gasteiger charge is -2.08. The lowest BCUT2D eigenvalue weighted by atomic mass is 10.0. The fourth-order valence-electron chi connectivity index (χ4n) is 3.49. The van der Waals surface area contributed by atoms with Crippen LogP contribution in [-0.2, 0) is 14.3 Å². The molecule has 2 amide bonds. The predicted molar refractivity (Wildman–Crippen MR) is 131 cm³/mol. The summed E-state index contributed by atoms with van der Waals surface area (Å²) in [6, 6.07) is 11.4. The molecule has 0 saturated heterocycles. The number of methoxy groups -OCH3 is 1. The lowest BCUT2D eigenvalue weighted by Crippen LogP contribution is -2.39. The molecule has 35 heavy (non-hydrogen) atoms. The number of carbonyl (C=O) groups excluding carboxylic acids is 3. The Hall–Kier alpha value is -3.68. The largest absolute Gasteiger partial charge is 0.385 e. The molecule has 3 aromatic rings. The summed E-state index contributed by atoms with van der Waals surface area (Å²) in [7, 11) is 1.61. The van der Waals surface area contributed by atoms with Crippen molar-refractivity contribution in [2.45, 2.75) is 37.6 Å². The molecule has 10 heteroatoms. The summed E-state index contributed by atoms with van der Waals surface area (Å²) >= 11 is 1.22. The molecule has 1 fully saturated rings. The second-order valence-corrected chi connectivity index (χ2v) is 9.38. The fourth-order valence-corrected chi connectivity index (χ4v) is 4.50. The van der Waals surface area contributed by atoms with Crippen molar-refractivity contribution < 1.29 is 19.1 Å². The van der Waals surface area contributed by atoms with Gasteiger partial charge in [-0.3, -0.25) is 14.4 Å². The van der Waals surface area contributed by atoms with Gasteiger partial charge in [0, 0.05) is 43.5 Å². The number of nitrogens with zero attached hydrogens (tertiary/aromatic N) is 3. The van der Waals surface area contributed by atoms with E-state index in [9.17, 15) is 19.6 Å². The maximum Gasteiger partial charge on any atom is 0.244 e. The van der Waals surface area contributed by atoms with E-state index in [0.29, 0.717) is 35.7 Å². The third-order valence-corrected chi connectivity index (χ3v) is 6.62. The van der Waals surface area contributed by atoms with E-state index in [1.54, 1.807) is 25.4 Å². The molecule has 1 saturated carbocycles. The Bertz CT molecular complexity index is 1280. The second-order valence-electron chi connectivity index (χ2n) is 8.32. The number of rotatable bonds is 11. The lowest BCUT2D eigenvalue weighted by molar-refractivity contribution is -0.126. The highest BCUT2D eigenvalue weighted by atomic mass is 32.1. The Labute approximate surface area is 206 Å². The van der Waals surface area contributed by atoms with Crippen LogP contribution in [0.2, 0.25) is 0 Å². The van der Waals surface area contributed by atoms with Gasteiger partial charge in [-0.05, 0) is 30.9 Å². The summed E-state index contributed by atoms with van der Waals surface area (Å²) in [4.78, 5) is 45.4. The molecule has 0 aliphatic heterocycles. The van der Waals surface area contributed by atoms with Crippen molar-refractivity contribution in [3.05, 3.63) is 47.1 Å². The van der Waals surface area contributed by atoms with Crippen molar-refractivity contribution in [3.63, 3.8) is 0 Å². The third-order valence-electron chi connectivity index (χ3n) is 5.56. The van der Waals surface area contributed by atoms with E-state index < -0.39 is 11.8 Å². The van der Waals surface area contributed by atoms with Gasteiger partial charge in [-0.2, -0.15) is 5.26 Å². The smallest absolute Gasteiger partial charge is 0.244 e. The Morgan fingerprint density at radius 1 is 1.23 bits per heavy atom. The molecule has 0 bridgehead atoms. The number of ketones is 1. The highest BCUT2D eigenvalue weighted by molar-refractivity contribution is 7.18. The van der Waals surface area contributed by atoms with E-state index >= 15 is 0 Å². The molecule has 2 N–H and O–H groups in total. The Morgan fingerprint density at radius 2 is 2.00 bits per heavy atom. The van der Waals surface area contributed by atoms with Crippen LogP contribution in [0.15, 0.2) is 36.5 Å². The van der Waals surface area contributed by atoms with Crippen molar-refractivity contribution in [1.29, 1.82) is 5.26 Å². The third kappa shape index (κ3) is 6.26. The van der Waals surface area contributed by atoms with Gasteiger partial charge in [-0.25, -0.2) is 9.97 Å². The van der Waals surface area contributed by atoms with Crippen LogP contribution in [0.3, 0.4) is 0 Å². The van der Waals surface area contributed by atoms with Crippen LogP contribution >= 0.6 is 11.3 Å². The van der Waals surface area contributed by atoms with Crippen LogP contribution in [0.1, 0.15) is 47.0 Å². The van der Waals surface area contributed by atoms with Gasteiger partial charge >= 0.3 is 0 Å². The molecule has 2 aromatic heterocycles. The molecule has 0 spiro atoms. The Kier molecular flexibility index (Phi) is 7.80. The molecule has 4 rings (SSSR count). The van der Waals surface area contributed by atoms with Crippen LogP contribution in [0, 0.1) is 11.3 Å². The van der Waals surface area contributed by atoms with Gasteiger partial charge < -0.3 is 15.4 Å². The predicted octanol–water partition coefficient (Wildman–Crippen LogP) is 2.97. The Balaban J connectivity index is 1.44. The number of hydrogen-bond acceptors (Lipinski definition) is 8. The molecule has 180 valence electrons. The van der Waals surface area contributed by atoms with Gasteiger partial charge in [-0.1, -0.05) is 24.3 Å². The minimum atomic E-state index is -1.13. The number of ether oxygens (including phenoxy) is 1. The zero-order valence-electron chi connectivity index (χ0n) is 19.2. The van der Waals surface area contributed by atoms with E-state index in [0.717, 1.165) is 28.7 Å². The molecular weight excluding hydrogens is 466 g/mol. The first-order chi connectivity index (χ1) is 17.0. The summed E-state index contributed by atoms with van der Waals surface area (Å²) in [6.07, 6.45) is 4.70. The summed E-state index contributed by atoms with van der Waals surface area (Å²) < 4.78 is 5.73. The molecule has 2 heterocycles. The number of benzene rings is 1. The summed E-state index contributed by atoms with van der Waals surface area (Å²) in [5.74, 6) is -1.89. The molecule has 1 unspecified atom stereocenters. The summed E-state index contributed by atoms with van der Waals surface area (Å²) in [5, 5.41) is 15.2. The zero-order chi connectivity index (χ0) is 24.8. The van der Waals surface area contributed by atoms with Crippen LogP contribution in [0.4, 0.5) is 0 Å². The van der Waals surface area contributed by atoms with Crippen LogP contribution in [0.25, 0.3) is 21.5 Å². The molecule has 1 aliphatic carbocycles. The van der Waals surface area contributed by atoms with Gasteiger partial charge in [0.15, 0.2) is 17.3 Å². The highest BCUT2D eigenvalue weighted by Crippen LogP contribution is 2.30. The number of nitrogens with one attached hydrogen (secondary N) is 2. The van der Waals surface area contributed by atoms with E-state index in [-0.39, 0.29) is 24.3 Å². The van der Waals surface area contributed by atoms with Crippen molar-refractivity contribution in [3.8, 4) is 17.2 Å². The summed E-state index contributed by atoms with van der Waals surface area (Å²) in [6.45, 7) is 0.377. The molecule has 9 nitrogen and oxygen atoms in total. The van der Waals surface area contributed by atoms with E-state index in [1.807, 2.05) is 24.3 Å². The van der Waals surface area contributed by atoms with E-state index in [2.05, 4.69) is 20.6 Å². The zero-order valence-corrected chi connectivity index (χ0v) is 20.1. The van der Waals surface area contributed by atoms with E-state index in [4.69, 9.17) is 4.74 Å². The van der Waals surface area contributed by atoms with Crippen molar-refractivity contribution in [2.24, 2.45) is 0 Å². The number of nitriles is 1. The number of Topliss-reactive ketones (excluding diaryl/α,β-unsaturated/α-hetero) is 1. The molecule has 0 radical (unpaired) electrons.